The van der Waals surface area contributed by atoms with Gasteiger partial charge in [-0.3, -0.25) is 4.79 Å². The largest absolute Gasteiger partial charge is 0.480 e. The van der Waals surface area contributed by atoms with Crippen molar-refractivity contribution in [1.82, 2.24) is 4.31 Å². The van der Waals surface area contributed by atoms with Crippen molar-refractivity contribution >= 4 is 27.6 Å². The summed E-state index contributed by atoms with van der Waals surface area (Å²) in [5.41, 5.74) is 0. The van der Waals surface area contributed by atoms with Crippen molar-refractivity contribution in [3.8, 4) is 0 Å². The molecule has 6 nitrogen and oxygen atoms in total. The average Bonchev–Trinajstić information content (AvgIpc) is 2.71. The Hall–Kier alpha value is -1.22. The molecule has 1 aliphatic rings. The molecule has 0 saturated carbocycles. The van der Waals surface area contributed by atoms with E-state index in [1.165, 1.54) is 0 Å². The number of carboxylic acid groups (broad SMARTS) is 1. The standard InChI is InChI=1S/C11H11ClFNO5S/c12-8-3-6(13)1-2-10(8)20(18,19)14-5-7(15)4-9(14)11(16)17/h1-3,7,9,15H,4-5H2,(H,16,17)/t7-,9-/m1/s1. The van der Waals surface area contributed by atoms with Gasteiger partial charge in [0.1, 0.15) is 16.8 Å². The van der Waals surface area contributed by atoms with Crippen molar-refractivity contribution in [3.63, 3.8) is 0 Å². The number of β-amino-alcohol motifs (C(OH)–C–C–N with tert-alkyl or cyclic N) is 1. The zero-order valence-corrected chi connectivity index (χ0v) is 11.6. The van der Waals surface area contributed by atoms with Crippen molar-refractivity contribution in [2.24, 2.45) is 0 Å². The Morgan fingerprint density at radius 2 is 2.10 bits per heavy atom. The van der Waals surface area contributed by atoms with Crippen LogP contribution >= 0.6 is 11.6 Å². The van der Waals surface area contributed by atoms with Gasteiger partial charge < -0.3 is 10.2 Å². The molecular formula is C11H11ClFNO5S. The highest BCUT2D eigenvalue weighted by atomic mass is 35.5. The molecule has 2 rings (SSSR count). The van der Waals surface area contributed by atoms with E-state index in [4.69, 9.17) is 16.7 Å². The monoisotopic (exact) mass is 323 g/mol. The number of sulfonamides is 1. The van der Waals surface area contributed by atoms with Crippen LogP contribution in [-0.2, 0) is 14.8 Å². The van der Waals surface area contributed by atoms with Gasteiger partial charge in [-0.1, -0.05) is 11.6 Å². The number of aliphatic hydroxyl groups excluding tert-OH is 1. The van der Waals surface area contributed by atoms with Crippen molar-refractivity contribution in [3.05, 3.63) is 29.0 Å². The number of benzene rings is 1. The first-order chi connectivity index (χ1) is 9.23. The highest BCUT2D eigenvalue weighted by Crippen LogP contribution is 2.30. The molecule has 110 valence electrons. The highest BCUT2D eigenvalue weighted by molar-refractivity contribution is 7.89. The molecule has 2 atom stereocenters. The van der Waals surface area contributed by atoms with Crippen LogP contribution in [0.2, 0.25) is 5.02 Å². The van der Waals surface area contributed by atoms with Crippen molar-refractivity contribution in [2.75, 3.05) is 6.54 Å². The van der Waals surface area contributed by atoms with Gasteiger partial charge in [0, 0.05) is 13.0 Å². The number of carbonyl (C=O) groups is 1. The normalized spacial score (nSPS) is 23.9. The molecule has 1 saturated heterocycles. The van der Waals surface area contributed by atoms with Crippen LogP contribution in [0.3, 0.4) is 0 Å². The summed E-state index contributed by atoms with van der Waals surface area (Å²) in [6, 6.07) is 1.35. The molecule has 0 bridgehead atoms. The molecular weight excluding hydrogens is 313 g/mol. The summed E-state index contributed by atoms with van der Waals surface area (Å²) in [6.07, 6.45) is -1.27. The molecule has 1 heterocycles. The van der Waals surface area contributed by atoms with E-state index >= 15 is 0 Å². The lowest BCUT2D eigenvalue weighted by molar-refractivity contribution is -0.140. The van der Waals surface area contributed by atoms with E-state index < -0.39 is 34.0 Å². The first-order valence-corrected chi connectivity index (χ1v) is 7.43. The number of carboxylic acids is 1. The summed E-state index contributed by atoms with van der Waals surface area (Å²) in [6.45, 7) is -0.340. The fraction of sp³-hybridized carbons (Fsp3) is 0.364. The first kappa shape index (κ1) is 15.2. The third-order valence-corrected chi connectivity index (χ3v) is 5.36. The topological polar surface area (TPSA) is 94.9 Å². The predicted octanol–water partition coefficient (Wildman–Crippen LogP) is 0.688. The van der Waals surface area contributed by atoms with E-state index in [9.17, 15) is 22.7 Å². The predicted molar refractivity (Wildman–Crippen MR) is 67.3 cm³/mol. The second kappa shape index (κ2) is 5.28. The zero-order valence-electron chi connectivity index (χ0n) is 10.0. The minimum atomic E-state index is -4.22. The van der Waals surface area contributed by atoms with Crippen LogP contribution in [0.25, 0.3) is 0 Å². The van der Waals surface area contributed by atoms with Crippen LogP contribution in [0, 0.1) is 5.82 Å². The first-order valence-electron chi connectivity index (χ1n) is 5.61. The van der Waals surface area contributed by atoms with E-state index in [0.717, 1.165) is 18.2 Å². The minimum absolute atomic E-state index is 0.201. The quantitative estimate of drug-likeness (QED) is 0.853. The van der Waals surface area contributed by atoms with Gasteiger partial charge in [-0.2, -0.15) is 4.31 Å². The molecule has 0 aromatic heterocycles. The Balaban J connectivity index is 2.46. The molecule has 1 aromatic carbocycles. The third-order valence-electron chi connectivity index (χ3n) is 3.00. The van der Waals surface area contributed by atoms with Gasteiger partial charge >= 0.3 is 5.97 Å². The number of aliphatic carboxylic acids is 1. The number of nitrogens with zero attached hydrogens (tertiary/aromatic N) is 1. The summed E-state index contributed by atoms with van der Waals surface area (Å²) >= 11 is 5.70. The molecule has 9 heteroatoms. The third kappa shape index (κ3) is 2.64. The summed E-state index contributed by atoms with van der Waals surface area (Å²) in [5, 5.41) is 18.2. The van der Waals surface area contributed by atoms with E-state index in [1.54, 1.807) is 0 Å². The lowest BCUT2D eigenvalue weighted by Crippen LogP contribution is -2.40. The molecule has 2 N–H and O–H groups in total. The fourth-order valence-corrected chi connectivity index (χ4v) is 4.22. The second-order valence-electron chi connectivity index (χ2n) is 4.39. The second-order valence-corrected chi connectivity index (χ2v) is 6.66. The van der Waals surface area contributed by atoms with E-state index in [2.05, 4.69) is 0 Å². The molecule has 1 fully saturated rings. The van der Waals surface area contributed by atoms with Crippen molar-refractivity contribution in [1.29, 1.82) is 0 Å². The Labute approximate surface area is 119 Å². The maximum absolute atomic E-state index is 13.0. The fourth-order valence-electron chi connectivity index (χ4n) is 2.09. The summed E-state index contributed by atoms with van der Waals surface area (Å²) in [7, 11) is -4.22. The summed E-state index contributed by atoms with van der Waals surface area (Å²) in [5.74, 6) is -2.06. The number of halogens is 2. The smallest absolute Gasteiger partial charge is 0.322 e. The molecule has 0 unspecified atom stereocenters. The molecule has 0 spiro atoms. The SMILES string of the molecule is O=C(O)[C@H]1C[C@@H](O)CN1S(=O)(=O)c1ccc(F)cc1Cl. The van der Waals surface area contributed by atoms with Gasteiger partial charge in [0.05, 0.1) is 11.1 Å². The molecule has 0 radical (unpaired) electrons. The van der Waals surface area contributed by atoms with Crippen LogP contribution in [0.5, 0.6) is 0 Å². The van der Waals surface area contributed by atoms with Crippen LogP contribution in [-0.4, -0.2) is 47.6 Å². The van der Waals surface area contributed by atoms with Gasteiger partial charge in [0.25, 0.3) is 0 Å². The number of rotatable bonds is 3. The lowest BCUT2D eigenvalue weighted by atomic mass is 10.2. The zero-order chi connectivity index (χ0) is 15.1. The van der Waals surface area contributed by atoms with Crippen LogP contribution in [0.4, 0.5) is 4.39 Å². The van der Waals surface area contributed by atoms with Crippen LogP contribution < -0.4 is 0 Å². The summed E-state index contributed by atoms with van der Waals surface area (Å²) in [4.78, 5) is 10.7. The lowest BCUT2D eigenvalue weighted by Gasteiger charge is -2.21. The molecule has 0 amide bonds. The Morgan fingerprint density at radius 3 is 2.65 bits per heavy atom. The molecule has 0 aliphatic carbocycles. The maximum Gasteiger partial charge on any atom is 0.322 e. The van der Waals surface area contributed by atoms with E-state index in [1.807, 2.05) is 0 Å². The average molecular weight is 324 g/mol. The van der Waals surface area contributed by atoms with Gasteiger partial charge in [-0.15, -0.1) is 0 Å². The van der Waals surface area contributed by atoms with Gasteiger partial charge in [0.2, 0.25) is 10.0 Å². The molecule has 1 aromatic rings. The molecule has 1 aliphatic heterocycles. The Bertz CT molecular complexity index is 650. The number of aliphatic hydroxyl groups is 1. The summed E-state index contributed by atoms with van der Waals surface area (Å²) < 4.78 is 38.4. The van der Waals surface area contributed by atoms with Crippen molar-refractivity contribution < 1.29 is 27.8 Å². The van der Waals surface area contributed by atoms with Gasteiger partial charge in [-0.05, 0) is 18.2 Å². The van der Waals surface area contributed by atoms with E-state index in [0.29, 0.717) is 4.31 Å². The maximum atomic E-state index is 13.0. The highest BCUT2D eigenvalue weighted by Gasteiger charge is 2.44. The Morgan fingerprint density at radius 1 is 1.45 bits per heavy atom. The van der Waals surface area contributed by atoms with Crippen molar-refractivity contribution in [2.45, 2.75) is 23.5 Å². The number of hydrogen-bond acceptors (Lipinski definition) is 4. The van der Waals surface area contributed by atoms with Crippen LogP contribution in [0.15, 0.2) is 23.1 Å². The number of hydrogen-bond donors (Lipinski definition) is 2. The molecule has 20 heavy (non-hydrogen) atoms. The minimum Gasteiger partial charge on any atom is -0.480 e. The van der Waals surface area contributed by atoms with Crippen LogP contribution in [0.1, 0.15) is 6.42 Å². The Kier molecular flexibility index (Phi) is 4.01. The van der Waals surface area contributed by atoms with Gasteiger partial charge in [-0.25, -0.2) is 12.8 Å². The van der Waals surface area contributed by atoms with E-state index in [-0.39, 0.29) is 22.9 Å². The van der Waals surface area contributed by atoms with Gasteiger partial charge in [0.15, 0.2) is 0 Å².